The molecular formula is C17H14N2O6. The molecule has 0 unspecified atom stereocenters. The average Bonchev–Trinajstić information content (AvgIpc) is 3.18. The molecule has 128 valence electrons. The molecule has 0 saturated carbocycles. The fourth-order valence-corrected chi connectivity index (χ4v) is 2.09. The Hall–Kier alpha value is -3.55. The molecule has 0 aliphatic carbocycles. The maximum atomic E-state index is 12.0. The number of rotatable bonds is 4. The van der Waals surface area contributed by atoms with E-state index in [1.807, 2.05) is 12.1 Å². The molecule has 0 atom stereocenters. The Balaban J connectivity index is 1.47. The van der Waals surface area contributed by atoms with Crippen molar-refractivity contribution in [2.45, 2.75) is 0 Å². The van der Waals surface area contributed by atoms with Crippen LogP contribution in [-0.2, 0) is 14.3 Å². The van der Waals surface area contributed by atoms with Crippen molar-refractivity contribution in [3.05, 3.63) is 59.6 Å². The minimum Gasteiger partial charge on any atom is -0.488 e. The number of benzene rings is 1. The lowest BCUT2D eigenvalue weighted by Crippen LogP contribution is -2.43. The Bertz CT molecular complexity index is 825. The average molecular weight is 342 g/mol. The molecular weight excluding hydrogens is 328 g/mol. The second-order valence-corrected chi connectivity index (χ2v) is 5.05. The number of carbonyl (C=O) groups is 3. The summed E-state index contributed by atoms with van der Waals surface area (Å²) in [5.41, 5.74) is 5.31. The summed E-state index contributed by atoms with van der Waals surface area (Å²) in [5.74, 6) is -1.25. The third-order valence-electron chi connectivity index (χ3n) is 3.29. The van der Waals surface area contributed by atoms with Crippen molar-refractivity contribution >= 4 is 23.9 Å². The van der Waals surface area contributed by atoms with E-state index >= 15 is 0 Å². The molecule has 1 aromatic heterocycles. The summed E-state index contributed by atoms with van der Waals surface area (Å²) < 4.78 is 15.2. The Morgan fingerprint density at radius 3 is 2.72 bits per heavy atom. The highest BCUT2D eigenvalue weighted by Gasteiger charge is 2.19. The molecule has 0 saturated heterocycles. The van der Waals surface area contributed by atoms with Crippen LogP contribution in [0, 0.1) is 0 Å². The number of esters is 1. The fourth-order valence-electron chi connectivity index (χ4n) is 2.09. The summed E-state index contributed by atoms with van der Waals surface area (Å²) >= 11 is 0. The number of carbonyl (C=O) groups excluding carboxylic acids is 3. The van der Waals surface area contributed by atoms with Crippen molar-refractivity contribution < 1.29 is 28.3 Å². The Kier molecular flexibility index (Phi) is 4.79. The first-order valence-corrected chi connectivity index (χ1v) is 7.35. The van der Waals surface area contributed by atoms with Crippen LogP contribution in [0.15, 0.2) is 52.7 Å². The van der Waals surface area contributed by atoms with E-state index in [1.165, 1.54) is 18.4 Å². The Morgan fingerprint density at radius 2 is 1.92 bits per heavy atom. The smallest absolute Gasteiger partial charge is 0.338 e. The van der Waals surface area contributed by atoms with Crippen molar-refractivity contribution in [1.82, 2.24) is 10.9 Å². The minimum absolute atomic E-state index is 0.0421. The van der Waals surface area contributed by atoms with Gasteiger partial charge in [-0.15, -0.1) is 0 Å². The zero-order valence-electron chi connectivity index (χ0n) is 13.0. The molecule has 8 heteroatoms. The summed E-state index contributed by atoms with van der Waals surface area (Å²) in [5, 5.41) is 0. The molecule has 0 spiro atoms. The molecule has 25 heavy (non-hydrogen) atoms. The summed E-state index contributed by atoms with van der Waals surface area (Å²) in [6, 6.07) is 10.2. The first-order chi connectivity index (χ1) is 12.1. The van der Waals surface area contributed by atoms with E-state index in [9.17, 15) is 14.4 Å². The lowest BCUT2D eigenvalue weighted by molar-refractivity contribution is -0.145. The van der Waals surface area contributed by atoms with Crippen LogP contribution in [0.25, 0.3) is 6.08 Å². The van der Waals surface area contributed by atoms with Crippen LogP contribution >= 0.6 is 0 Å². The van der Waals surface area contributed by atoms with Gasteiger partial charge in [-0.1, -0.05) is 18.2 Å². The third kappa shape index (κ3) is 4.05. The first-order valence-electron chi connectivity index (χ1n) is 7.35. The van der Waals surface area contributed by atoms with Crippen molar-refractivity contribution in [2.24, 2.45) is 0 Å². The zero-order chi connectivity index (χ0) is 17.6. The summed E-state index contributed by atoms with van der Waals surface area (Å²) in [6.45, 7) is -0.483. The van der Waals surface area contributed by atoms with Gasteiger partial charge in [0, 0.05) is 5.56 Å². The first kappa shape index (κ1) is 16.3. The molecule has 0 radical (unpaired) electrons. The summed E-state index contributed by atoms with van der Waals surface area (Å²) in [4.78, 5) is 35.2. The van der Waals surface area contributed by atoms with Gasteiger partial charge in [-0.3, -0.25) is 20.4 Å². The molecule has 2 aromatic rings. The van der Waals surface area contributed by atoms with Gasteiger partial charge in [0.2, 0.25) is 0 Å². The largest absolute Gasteiger partial charge is 0.488 e. The number of ether oxygens (including phenoxy) is 2. The maximum Gasteiger partial charge on any atom is 0.338 e. The molecule has 0 bridgehead atoms. The maximum absolute atomic E-state index is 12.0. The van der Waals surface area contributed by atoms with E-state index in [1.54, 1.807) is 18.2 Å². The summed E-state index contributed by atoms with van der Waals surface area (Å²) in [7, 11) is 0. The number of hydrogen-bond acceptors (Lipinski definition) is 6. The van der Waals surface area contributed by atoms with E-state index in [0.29, 0.717) is 11.3 Å². The van der Waals surface area contributed by atoms with Gasteiger partial charge in [0.25, 0.3) is 5.91 Å². The number of hydrazine groups is 1. The Labute approximate surface area is 142 Å². The van der Waals surface area contributed by atoms with E-state index in [-0.39, 0.29) is 12.4 Å². The van der Waals surface area contributed by atoms with Gasteiger partial charge < -0.3 is 13.9 Å². The molecule has 0 fully saturated rings. The van der Waals surface area contributed by atoms with Crippen molar-refractivity contribution in [2.75, 3.05) is 13.2 Å². The highest BCUT2D eigenvalue weighted by Crippen LogP contribution is 2.25. The number of hydrogen-bond donors (Lipinski definition) is 2. The van der Waals surface area contributed by atoms with E-state index in [0.717, 1.165) is 5.56 Å². The van der Waals surface area contributed by atoms with E-state index < -0.39 is 24.4 Å². The van der Waals surface area contributed by atoms with E-state index in [2.05, 4.69) is 10.9 Å². The van der Waals surface area contributed by atoms with Crippen LogP contribution in [0.3, 0.4) is 0 Å². The van der Waals surface area contributed by atoms with Crippen molar-refractivity contribution in [3.8, 4) is 5.75 Å². The topological polar surface area (TPSA) is 107 Å². The van der Waals surface area contributed by atoms with Gasteiger partial charge in [0.05, 0.1) is 11.8 Å². The van der Waals surface area contributed by atoms with Crippen molar-refractivity contribution in [1.29, 1.82) is 0 Å². The lowest BCUT2D eigenvalue weighted by Gasteiger charge is -2.16. The van der Waals surface area contributed by atoms with E-state index in [4.69, 9.17) is 13.9 Å². The van der Waals surface area contributed by atoms with Gasteiger partial charge in [0.1, 0.15) is 12.4 Å². The molecule has 1 aliphatic rings. The number of furan rings is 1. The van der Waals surface area contributed by atoms with Gasteiger partial charge >= 0.3 is 11.9 Å². The lowest BCUT2D eigenvalue weighted by atomic mass is 10.1. The van der Waals surface area contributed by atoms with Crippen molar-refractivity contribution in [3.63, 3.8) is 0 Å². The third-order valence-corrected chi connectivity index (χ3v) is 3.29. The number of amides is 2. The monoisotopic (exact) mass is 342 g/mol. The van der Waals surface area contributed by atoms with Crippen LogP contribution in [0.5, 0.6) is 5.75 Å². The molecule has 1 aromatic carbocycles. The number of nitrogens with one attached hydrogen (secondary N) is 2. The van der Waals surface area contributed by atoms with Gasteiger partial charge in [0.15, 0.2) is 12.4 Å². The normalized spacial score (nSPS) is 12.2. The fraction of sp³-hybridized carbons (Fsp3) is 0.118. The highest BCUT2D eigenvalue weighted by atomic mass is 16.5. The Morgan fingerprint density at radius 1 is 1.08 bits per heavy atom. The van der Waals surface area contributed by atoms with Crippen LogP contribution < -0.4 is 15.6 Å². The van der Waals surface area contributed by atoms with Crippen LogP contribution in [0.1, 0.15) is 16.1 Å². The van der Waals surface area contributed by atoms with Gasteiger partial charge in [-0.25, -0.2) is 4.79 Å². The molecule has 1 aliphatic heterocycles. The predicted molar refractivity (Wildman–Crippen MR) is 85.2 cm³/mol. The van der Waals surface area contributed by atoms with Gasteiger partial charge in [-0.05, 0) is 24.3 Å². The SMILES string of the molecule is O=C(COC(=O)C1=Cc2ccccc2OC1)NNC(=O)c1ccco1. The second kappa shape index (κ2) is 7.35. The standard InChI is InChI=1S/C17H14N2O6/c20-15(18-19-16(21)14-6-3-7-23-14)10-25-17(22)12-8-11-4-1-2-5-13(11)24-9-12/h1-8H,9-10H2,(H,18,20)(H,19,21). The molecule has 2 N–H and O–H groups in total. The minimum atomic E-state index is -0.689. The number of fused-ring (bicyclic) bond motifs is 1. The second-order valence-electron chi connectivity index (χ2n) is 5.05. The van der Waals surface area contributed by atoms with Crippen LogP contribution in [0.4, 0.5) is 0 Å². The molecule has 2 amide bonds. The summed E-state index contributed by atoms with van der Waals surface area (Å²) in [6.07, 6.45) is 2.98. The van der Waals surface area contributed by atoms with Gasteiger partial charge in [-0.2, -0.15) is 0 Å². The van der Waals surface area contributed by atoms with Crippen LogP contribution in [0.2, 0.25) is 0 Å². The quantitative estimate of drug-likeness (QED) is 0.635. The predicted octanol–water partition coefficient (Wildman–Crippen LogP) is 1.06. The highest BCUT2D eigenvalue weighted by molar-refractivity contribution is 5.97. The molecule has 8 nitrogen and oxygen atoms in total. The van der Waals surface area contributed by atoms with Crippen LogP contribution in [-0.4, -0.2) is 31.0 Å². The molecule has 3 rings (SSSR count). The zero-order valence-corrected chi connectivity index (χ0v) is 13.0. The number of para-hydroxylation sites is 1. The molecule has 2 heterocycles.